The highest BCUT2D eigenvalue weighted by Crippen LogP contribution is 2.30. The normalized spacial score (nSPS) is 23.4. The number of para-hydroxylation sites is 2. The molecule has 1 aliphatic carbocycles. The standard InChI is InChI=1S/C15H16N2/c1-15(9-5-2-6-10-15)11-14-16-12-7-3-4-8-13(12)17-14/h2-9H,10-11H2,1H3,(H,16,17). The van der Waals surface area contributed by atoms with Crippen molar-refractivity contribution >= 4 is 11.0 Å². The number of nitrogens with one attached hydrogen (secondary N) is 1. The van der Waals surface area contributed by atoms with Crippen LogP contribution in [0.5, 0.6) is 0 Å². The Kier molecular flexibility index (Phi) is 2.36. The van der Waals surface area contributed by atoms with E-state index < -0.39 is 0 Å². The van der Waals surface area contributed by atoms with Gasteiger partial charge in [-0.05, 0) is 24.0 Å². The molecule has 0 radical (unpaired) electrons. The van der Waals surface area contributed by atoms with Crippen molar-refractivity contribution in [2.45, 2.75) is 19.8 Å². The second-order valence-corrected chi connectivity index (χ2v) is 5.02. The molecular formula is C15H16N2. The van der Waals surface area contributed by atoms with Crippen LogP contribution in [0.25, 0.3) is 11.0 Å². The first-order chi connectivity index (χ1) is 8.25. The molecule has 0 bridgehead atoms. The van der Waals surface area contributed by atoms with E-state index in [-0.39, 0.29) is 5.41 Å². The van der Waals surface area contributed by atoms with Crippen LogP contribution in [0.1, 0.15) is 19.2 Å². The third-order valence-electron chi connectivity index (χ3n) is 3.34. The molecule has 1 atom stereocenters. The molecule has 1 N–H and O–H groups in total. The van der Waals surface area contributed by atoms with Gasteiger partial charge in [-0.2, -0.15) is 0 Å². The molecule has 1 unspecified atom stereocenters. The zero-order valence-electron chi connectivity index (χ0n) is 9.98. The van der Waals surface area contributed by atoms with E-state index in [4.69, 9.17) is 0 Å². The summed E-state index contributed by atoms with van der Waals surface area (Å²) in [6.07, 6.45) is 10.8. The lowest BCUT2D eigenvalue weighted by molar-refractivity contribution is 0.418. The first-order valence-corrected chi connectivity index (χ1v) is 6.03. The van der Waals surface area contributed by atoms with E-state index in [1.807, 2.05) is 18.2 Å². The van der Waals surface area contributed by atoms with E-state index in [1.54, 1.807) is 0 Å². The van der Waals surface area contributed by atoms with Crippen molar-refractivity contribution in [2.75, 3.05) is 0 Å². The molecule has 0 aliphatic heterocycles. The molecular weight excluding hydrogens is 208 g/mol. The summed E-state index contributed by atoms with van der Waals surface area (Å²) in [5, 5.41) is 0. The topological polar surface area (TPSA) is 28.7 Å². The molecule has 0 fully saturated rings. The molecule has 1 aromatic carbocycles. The number of nitrogens with zero attached hydrogens (tertiary/aromatic N) is 1. The molecule has 86 valence electrons. The van der Waals surface area contributed by atoms with Gasteiger partial charge in [-0.3, -0.25) is 0 Å². The molecule has 2 aromatic rings. The fourth-order valence-corrected chi connectivity index (χ4v) is 2.37. The van der Waals surface area contributed by atoms with Gasteiger partial charge >= 0.3 is 0 Å². The summed E-state index contributed by atoms with van der Waals surface area (Å²) >= 11 is 0. The van der Waals surface area contributed by atoms with E-state index in [2.05, 4.69) is 47.3 Å². The van der Waals surface area contributed by atoms with Gasteiger partial charge in [0.2, 0.25) is 0 Å². The fourth-order valence-electron chi connectivity index (χ4n) is 2.37. The highest BCUT2D eigenvalue weighted by molar-refractivity contribution is 5.74. The van der Waals surface area contributed by atoms with E-state index in [0.717, 1.165) is 29.7 Å². The SMILES string of the molecule is CC1(Cc2nc3ccccc3[nH]2)C=CC=CC1. The number of aromatic amines is 1. The van der Waals surface area contributed by atoms with Crippen LogP contribution in [0.4, 0.5) is 0 Å². The summed E-state index contributed by atoms with van der Waals surface area (Å²) in [5.74, 6) is 1.08. The number of imidazole rings is 1. The van der Waals surface area contributed by atoms with Gasteiger partial charge in [0, 0.05) is 6.42 Å². The van der Waals surface area contributed by atoms with E-state index in [9.17, 15) is 0 Å². The van der Waals surface area contributed by atoms with Crippen molar-refractivity contribution in [3.63, 3.8) is 0 Å². The lowest BCUT2D eigenvalue weighted by Crippen LogP contribution is -2.18. The van der Waals surface area contributed by atoms with Crippen molar-refractivity contribution in [2.24, 2.45) is 5.41 Å². The largest absolute Gasteiger partial charge is 0.342 e. The van der Waals surface area contributed by atoms with Gasteiger partial charge in [0.1, 0.15) is 5.82 Å². The van der Waals surface area contributed by atoms with E-state index >= 15 is 0 Å². The molecule has 2 nitrogen and oxygen atoms in total. The van der Waals surface area contributed by atoms with Crippen LogP contribution in [0.15, 0.2) is 48.6 Å². The predicted octanol–water partition coefficient (Wildman–Crippen LogP) is 3.63. The summed E-state index contributed by atoms with van der Waals surface area (Å²) in [6, 6.07) is 8.19. The molecule has 0 spiro atoms. The predicted molar refractivity (Wildman–Crippen MR) is 70.8 cm³/mol. The summed E-state index contributed by atoms with van der Waals surface area (Å²) in [5.41, 5.74) is 2.38. The smallest absolute Gasteiger partial charge is 0.108 e. The lowest BCUT2D eigenvalue weighted by Gasteiger charge is -2.25. The van der Waals surface area contributed by atoms with Crippen LogP contribution < -0.4 is 0 Å². The number of allylic oxidation sites excluding steroid dienone is 4. The second kappa shape index (κ2) is 3.88. The molecule has 2 heteroatoms. The van der Waals surface area contributed by atoms with Crippen LogP contribution in [0.2, 0.25) is 0 Å². The molecule has 0 saturated heterocycles. The number of aromatic nitrogens is 2. The summed E-state index contributed by atoms with van der Waals surface area (Å²) in [6.45, 7) is 2.28. The monoisotopic (exact) mass is 224 g/mol. The van der Waals surface area contributed by atoms with Crippen LogP contribution in [-0.2, 0) is 6.42 Å². The minimum atomic E-state index is 0.197. The summed E-state index contributed by atoms with van der Waals surface area (Å²) in [4.78, 5) is 8.04. The van der Waals surface area contributed by atoms with Crippen LogP contribution >= 0.6 is 0 Å². The van der Waals surface area contributed by atoms with Crippen molar-refractivity contribution in [1.82, 2.24) is 9.97 Å². The maximum Gasteiger partial charge on any atom is 0.108 e. The van der Waals surface area contributed by atoms with Crippen molar-refractivity contribution in [3.8, 4) is 0 Å². The lowest BCUT2D eigenvalue weighted by atomic mass is 9.80. The third kappa shape index (κ3) is 2.03. The highest BCUT2D eigenvalue weighted by atomic mass is 14.9. The van der Waals surface area contributed by atoms with Crippen molar-refractivity contribution in [3.05, 3.63) is 54.4 Å². The number of hydrogen-bond donors (Lipinski definition) is 1. The maximum absolute atomic E-state index is 4.64. The van der Waals surface area contributed by atoms with Gasteiger partial charge in [-0.1, -0.05) is 43.4 Å². The van der Waals surface area contributed by atoms with E-state index in [1.165, 1.54) is 0 Å². The Morgan fingerprint density at radius 1 is 1.29 bits per heavy atom. The molecule has 1 aliphatic rings. The fraction of sp³-hybridized carbons (Fsp3) is 0.267. The third-order valence-corrected chi connectivity index (χ3v) is 3.34. The molecule has 3 rings (SSSR count). The number of H-pyrrole nitrogens is 1. The Bertz CT molecular complexity index is 559. The zero-order valence-corrected chi connectivity index (χ0v) is 9.98. The Morgan fingerprint density at radius 3 is 2.94 bits per heavy atom. The zero-order chi connectivity index (χ0) is 11.7. The van der Waals surface area contributed by atoms with Gasteiger partial charge in [0.05, 0.1) is 11.0 Å². The minimum Gasteiger partial charge on any atom is -0.342 e. The van der Waals surface area contributed by atoms with Crippen molar-refractivity contribution < 1.29 is 0 Å². The number of rotatable bonds is 2. The minimum absolute atomic E-state index is 0.197. The first kappa shape index (κ1) is 10.3. The Labute approximate surface area is 101 Å². The molecule has 0 saturated carbocycles. The van der Waals surface area contributed by atoms with Gasteiger partial charge in [-0.25, -0.2) is 4.98 Å². The van der Waals surface area contributed by atoms with Crippen LogP contribution in [-0.4, -0.2) is 9.97 Å². The quantitative estimate of drug-likeness (QED) is 0.829. The Morgan fingerprint density at radius 2 is 2.18 bits per heavy atom. The number of benzene rings is 1. The second-order valence-electron chi connectivity index (χ2n) is 5.02. The van der Waals surface area contributed by atoms with E-state index in [0.29, 0.717) is 0 Å². The Balaban J connectivity index is 1.90. The maximum atomic E-state index is 4.64. The summed E-state index contributed by atoms with van der Waals surface area (Å²) < 4.78 is 0. The Hall–Kier alpha value is -1.83. The van der Waals surface area contributed by atoms with Gasteiger partial charge in [0.15, 0.2) is 0 Å². The molecule has 17 heavy (non-hydrogen) atoms. The molecule has 1 heterocycles. The van der Waals surface area contributed by atoms with Gasteiger partial charge < -0.3 is 4.98 Å². The number of hydrogen-bond acceptors (Lipinski definition) is 1. The van der Waals surface area contributed by atoms with Gasteiger partial charge in [0.25, 0.3) is 0 Å². The van der Waals surface area contributed by atoms with Crippen LogP contribution in [0.3, 0.4) is 0 Å². The first-order valence-electron chi connectivity index (χ1n) is 6.03. The van der Waals surface area contributed by atoms with Gasteiger partial charge in [-0.15, -0.1) is 0 Å². The molecule has 1 aromatic heterocycles. The van der Waals surface area contributed by atoms with Crippen LogP contribution in [0, 0.1) is 5.41 Å². The molecule has 0 amide bonds. The number of fused-ring (bicyclic) bond motifs is 1. The highest BCUT2D eigenvalue weighted by Gasteiger charge is 2.22. The average molecular weight is 224 g/mol. The average Bonchev–Trinajstić information content (AvgIpc) is 2.71. The summed E-state index contributed by atoms with van der Waals surface area (Å²) in [7, 11) is 0. The van der Waals surface area contributed by atoms with Crippen molar-refractivity contribution in [1.29, 1.82) is 0 Å².